The van der Waals surface area contributed by atoms with Crippen LogP contribution in [0.15, 0.2) is 47.7 Å². The van der Waals surface area contributed by atoms with Crippen molar-refractivity contribution in [2.24, 2.45) is 4.99 Å². The van der Waals surface area contributed by atoms with E-state index in [1.165, 1.54) is 0 Å². The molecule has 0 aliphatic rings. The van der Waals surface area contributed by atoms with E-state index in [1.807, 2.05) is 56.8 Å². The van der Waals surface area contributed by atoms with Gasteiger partial charge in [0.2, 0.25) is 0 Å². The van der Waals surface area contributed by atoms with Gasteiger partial charge in [0.25, 0.3) is 0 Å². The largest absolute Gasteiger partial charge is 0.459 e. The first-order valence-corrected chi connectivity index (χ1v) is 9.15. The summed E-state index contributed by atoms with van der Waals surface area (Å²) >= 11 is 0. The first-order chi connectivity index (χ1) is 12.9. The van der Waals surface area contributed by atoms with E-state index in [0.717, 1.165) is 11.1 Å². The first-order valence-electron chi connectivity index (χ1n) is 9.15. The molecule has 0 unspecified atom stereocenters. The molecule has 0 bridgehead atoms. The zero-order chi connectivity index (χ0) is 19.7. The van der Waals surface area contributed by atoms with Crippen LogP contribution in [0.2, 0.25) is 0 Å². The van der Waals surface area contributed by atoms with Crippen LogP contribution < -0.4 is 10.6 Å². The molecule has 1 aromatic heterocycles. The summed E-state index contributed by atoms with van der Waals surface area (Å²) in [6.45, 7) is 9.49. The third-order valence-corrected chi connectivity index (χ3v) is 3.58. The summed E-state index contributed by atoms with van der Waals surface area (Å²) in [7, 11) is 0. The van der Waals surface area contributed by atoms with Gasteiger partial charge in [0, 0.05) is 18.9 Å². The summed E-state index contributed by atoms with van der Waals surface area (Å²) in [5.74, 6) is 0.268. The van der Waals surface area contributed by atoms with Crippen molar-refractivity contribution in [1.29, 1.82) is 0 Å². The number of ether oxygens (including phenoxy) is 1. The number of aromatic nitrogens is 2. The van der Waals surface area contributed by atoms with Gasteiger partial charge in [-0.1, -0.05) is 24.3 Å². The highest BCUT2D eigenvalue weighted by Crippen LogP contribution is 2.11. The predicted molar refractivity (Wildman–Crippen MR) is 122 cm³/mol. The van der Waals surface area contributed by atoms with Crippen molar-refractivity contribution in [2.75, 3.05) is 13.1 Å². The number of esters is 1. The SMILES string of the molecule is CCNC(=NCc1ccccc1Cn1cccn1)NCC(=O)OC(C)(C)C.I. The van der Waals surface area contributed by atoms with Crippen molar-refractivity contribution in [3.63, 3.8) is 0 Å². The second-order valence-electron chi connectivity index (χ2n) is 7.11. The standard InChI is InChI=1S/C20H29N5O2.HI/c1-5-21-19(23-14-18(26)27-20(2,3)4)22-13-16-9-6-7-10-17(16)15-25-12-8-11-24-25;/h6-12H,5,13-15H2,1-4H3,(H2,21,22,23);1H. The van der Waals surface area contributed by atoms with Gasteiger partial charge in [0.05, 0.1) is 13.1 Å². The van der Waals surface area contributed by atoms with Crippen LogP contribution in [0.4, 0.5) is 0 Å². The average Bonchev–Trinajstić information content (AvgIpc) is 3.10. The number of benzene rings is 1. The van der Waals surface area contributed by atoms with Crippen LogP contribution in [0.5, 0.6) is 0 Å². The molecule has 0 radical (unpaired) electrons. The van der Waals surface area contributed by atoms with Crippen LogP contribution in [0.1, 0.15) is 38.8 Å². The van der Waals surface area contributed by atoms with Crippen molar-refractivity contribution in [3.05, 3.63) is 53.9 Å². The molecule has 2 N–H and O–H groups in total. The average molecular weight is 499 g/mol. The Morgan fingerprint density at radius 1 is 1.18 bits per heavy atom. The Labute approximate surface area is 184 Å². The summed E-state index contributed by atoms with van der Waals surface area (Å²) in [5.41, 5.74) is 1.77. The molecule has 0 fully saturated rings. The van der Waals surface area contributed by atoms with E-state index < -0.39 is 5.60 Å². The smallest absolute Gasteiger partial charge is 0.325 e. The number of nitrogens with zero attached hydrogens (tertiary/aromatic N) is 3. The van der Waals surface area contributed by atoms with E-state index >= 15 is 0 Å². The molecule has 0 saturated carbocycles. The lowest BCUT2D eigenvalue weighted by Gasteiger charge is -2.20. The van der Waals surface area contributed by atoms with Gasteiger partial charge in [-0.3, -0.25) is 9.48 Å². The van der Waals surface area contributed by atoms with E-state index in [4.69, 9.17) is 4.74 Å². The maximum atomic E-state index is 11.9. The minimum Gasteiger partial charge on any atom is -0.459 e. The molecule has 0 atom stereocenters. The van der Waals surface area contributed by atoms with E-state index in [0.29, 0.717) is 25.6 Å². The van der Waals surface area contributed by atoms with Crippen molar-refractivity contribution in [3.8, 4) is 0 Å². The zero-order valence-corrected chi connectivity index (χ0v) is 19.3. The Morgan fingerprint density at radius 3 is 2.50 bits per heavy atom. The molecule has 0 amide bonds. The lowest BCUT2D eigenvalue weighted by molar-refractivity contribution is -0.153. The van der Waals surface area contributed by atoms with Gasteiger partial charge in [-0.25, -0.2) is 4.99 Å². The molecule has 8 heteroatoms. The topological polar surface area (TPSA) is 80.5 Å². The monoisotopic (exact) mass is 499 g/mol. The molecule has 1 heterocycles. The maximum absolute atomic E-state index is 11.9. The number of carbonyl (C=O) groups excluding carboxylic acids is 1. The number of halogens is 1. The lowest BCUT2D eigenvalue weighted by atomic mass is 10.1. The number of hydrogen-bond donors (Lipinski definition) is 2. The lowest BCUT2D eigenvalue weighted by Crippen LogP contribution is -2.41. The number of rotatable bonds is 7. The second kappa shape index (κ2) is 11.7. The third kappa shape index (κ3) is 8.73. The van der Waals surface area contributed by atoms with E-state index in [-0.39, 0.29) is 36.5 Å². The van der Waals surface area contributed by atoms with Gasteiger partial charge < -0.3 is 15.4 Å². The number of guanidine groups is 1. The van der Waals surface area contributed by atoms with Crippen molar-refractivity contribution >= 4 is 35.9 Å². The Bertz CT molecular complexity index is 754. The van der Waals surface area contributed by atoms with Crippen molar-refractivity contribution in [1.82, 2.24) is 20.4 Å². The third-order valence-electron chi connectivity index (χ3n) is 3.58. The highest BCUT2D eigenvalue weighted by Gasteiger charge is 2.16. The molecular weight excluding hydrogens is 469 g/mol. The molecule has 0 aliphatic carbocycles. The van der Waals surface area contributed by atoms with Gasteiger partial charge in [-0.15, -0.1) is 24.0 Å². The molecular formula is C20H30IN5O2. The number of carbonyl (C=O) groups is 1. The van der Waals surface area contributed by atoms with Gasteiger partial charge in [0.15, 0.2) is 5.96 Å². The number of nitrogens with one attached hydrogen (secondary N) is 2. The minimum atomic E-state index is -0.500. The van der Waals surface area contributed by atoms with Crippen molar-refractivity contribution < 1.29 is 9.53 Å². The Kier molecular flexibility index (Phi) is 9.98. The zero-order valence-electron chi connectivity index (χ0n) is 16.9. The van der Waals surface area contributed by atoms with Crippen LogP contribution in [-0.2, 0) is 22.6 Å². The first kappa shape index (κ1) is 23.9. The van der Waals surface area contributed by atoms with Crippen LogP contribution in [0.25, 0.3) is 0 Å². The molecule has 0 aliphatic heterocycles. The van der Waals surface area contributed by atoms with Gasteiger partial charge in [0.1, 0.15) is 12.1 Å². The summed E-state index contributed by atoms with van der Waals surface area (Å²) in [6.07, 6.45) is 3.71. The fourth-order valence-electron chi connectivity index (χ4n) is 2.47. The van der Waals surface area contributed by atoms with Crippen molar-refractivity contribution in [2.45, 2.75) is 46.4 Å². The molecule has 7 nitrogen and oxygen atoms in total. The van der Waals surface area contributed by atoms with Gasteiger partial charge in [-0.2, -0.15) is 5.10 Å². The Morgan fingerprint density at radius 2 is 1.89 bits per heavy atom. The molecule has 0 spiro atoms. The summed E-state index contributed by atoms with van der Waals surface area (Å²) in [4.78, 5) is 16.5. The van der Waals surface area contributed by atoms with Gasteiger partial charge >= 0.3 is 5.97 Å². The minimum absolute atomic E-state index is 0. The highest BCUT2D eigenvalue weighted by atomic mass is 127. The molecule has 0 saturated heterocycles. The van der Waals surface area contributed by atoms with Crippen LogP contribution in [-0.4, -0.2) is 40.4 Å². The maximum Gasteiger partial charge on any atom is 0.325 e. The van der Waals surface area contributed by atoms with Gasteiger partial charge in [-0.05, 0) is 44.9 Å². The highest BCUT2D eigenvalue weighted by molar-refractivity contribution is 14.0. The van der Waals surface area contributed by atoms with E-state index in [1.54, 1.807) is 6.20 Å². The summed E-state index contributed by atoms with van der Waals surface area (Å²) in [5, 5.41) is 10.4. The normalized spacial score (nSPS) is 11.5. The van der Waals surface area contributed by atoms with Crippen LogP contribution >= 0.6 is 24.0 Å². The summed E-state index contributed by atoms with van der Waals surface area (Å²) < 4.78 is 7.20. The quantitative estimate of drug-likeness (QED) is 0.265. The van der Waals surface area contributed by atoms with Crippen LogP contribution in [0, 0.1) is 0 Å². The number of hydrogen-bond acceptors (Lipinski definition) is 4. The predicted octanol–water partition coefficient (Wildman–Crippen LogP) is 2.95. The second-order valence-corrected chi connectivity index (χ2v) is 7.11. The summed E-state index contributed by atoms with van der Waals surface area (Å²) in [6, 6.07) is 10.1. The fourth-order valence-corrected chi connectivity index (χ4v) is 2.47. The molecule has 2 aromatic rings. The molecule has 154 valence electrons. The van der Waals surface area contributed by atoms with E-state index in [2.05, 4.69) is 32.9 Å². The van der Waals surface area contributed by atoms with E-state index in [9.17, 15) is 4.79 Å². The Hall–Kier alpha value is -2.10. The molecule has 2 rings (SSSR count). The number of aliphatic imine (C=N–C) groups is 1. The fraction of sp³-hybridized carbons (Fsp3) is 0.450. The van der Waals surface area contributed by atoms with Crippen LogP contribution in [0.3, 0.4) is 0 Å². The Balaban J connectivity index is 0.00000392. The molecule has 1 aromatic carbocycles. The molecule has 28 heavy (non-hydrogen) atoms.